The van der Waals surface area contributed by atoms with Crippen LogP contribution in [0.15, 0.2) is 0 Å². The highest BCUT2D eigenvalue weighted by atomic mass is 16.3. The maximum Gasteiger partial charge on any atom is 0.136 e. The van der Waals surface area contributed by atoms with Gasteiger partial charge in [-0.05, 0) is 13.5 Å². The first-order valence-electron chi connectivity index (χ1n) is 4.10. The monoisotopic (exact) mass is 155 g/mol. The number of fused-ring (bicyclic) bond motifs is 2. The zero-order valence-corrected chi connectivity index (χ0v) is 6.66. The van der Waals surface area contributed by atoms with Gasteiger partial charge in [0.15, 0.2) is 0 Å². The number of hydrogen-bond acceptors (Lipinski definition) is 3. The van der Waals surface area contributed by atoms with Gasteiger partial charge < -0.3 is 5.11 Å². The Morgan fingerprint density at radius 1 is 1.55 bits per heavy atom. The summed E-state index contributed by atoms with van der Waals surface area (Å²) in [7, 11) is 2.00. The van der Waals surface area contributed by atoms with Crippen LogP contribution in [0.5, 0.6) is 0 Å². The third-order valence-corrected chi connectivity index (χ3v) is 2.96. The molecule has 3 atom stereocenters. The van der Waals surface area contributed by atoms with Crippen molar-refractivity contribution in [1.82, 2.24) is 4.90 Å². The van der Waals surface area contributed by atoms with Crippen LogP contribution in [0, 0.1) is 0 Å². The smallest absolute Gasteiger partial charge is 0.136 e. The molecule has 2 bridgehead atoms. The van der Waals surface area contributed by atoms with Gasteiger partial charge in [-0.15, -0.1) is 0 Å². The molecule has 2 aliphatic rings. The average molecular weight is 155 g/mol. The predicted molar refractivity (Wildman–Crippen MR) is 40.2 cm³/mol. The molecular weight excluding hydrogens is 142 g/mol. The topological polar surface area (TPSA) is 40.5 Å². The van der Waals surface area contributed by atoms with Gasteiger partial charge in [0.05, 0.1) is 6.10 Å². The first kappa shape index (κ1) is 7.25. The van der Waals surface area contributed by atoms with E-state index in [2.05, 4.69) is 4.90 Å². The SMILES string of the molecule is CN1C2CC(=O)CC1[C@H](O)C2. The van der Waals surface area contributed by atoms with Gasteiger partial charge >= 0.3 is 0 Å². The largest absolute Gasteiger partial charge is 0.391 e. The standard InChI is InChI=1S/C8H13NO2/c1-9-5-2-6(10)4-7(9)8(11)3-5/h5,7-8,11H,2-4H2,1H3/t5?,7?,8-/m1/s1. The van der Waals surface area contributed by atoms with Crippen LogP contribution in [-0.2, 0) is 4.79 Å². The summed E-state index contributed by atoms with van der Waals surface area (Å²) in [4.78, 5) is 13.2. The van der Waals surface area contributed by atoms with Crippen LogP contribution in [0.4, 0.5) is 0 Å². The summed E-state index contributed by atoms with van der Waals surface area (Å²) in [5.41, 5.74) is 0. The summed E-state index contributed by atoms with van der Waals surface area (Å²) in [5.74, 6) is 0.314. The lowest BCUT2D eigenvalue weighted by Crippen LogP contribution is -2.42. The Labute approximate surface area is 66.0 Å². The Kier molecular flexibility index (Phi) is 1.51. The van der Waals surface area contributed by atoms with Crippen molar-refractivity contribution in [1.29, 1.82) is 0 Å². The molecule has 0 saturated carbocycles. The van der Waals surface area contributed by atoms with Gasteiger partial charge in [0.2, 0.25) is 0 Å². The molecule has 0 spiro atoms. The third kappa shape index (κ3) is 0.993. The third-order valence-electron chi connectivity index (χ3n) is 2.96. The minimum Gasteiger partial charge on any atom is -0.391 e. The van der Waals surface area contributed by atoms with Gasteiger partial charge in [0, 0.05) is 24.9 Å². The number of rotatable bonds is 0. The lowest BCUT2D eigenvalue weighted by molar-refractivity contribution is -0.123. The summed E-state index contributed by atoms with van der Waals surface area (Å²) in [6.07, 6.45) is 1.71. The highest BCUT2D eigenvalue weighted by molar-refractivity contribution is 5.81. The summed E-state index contributed by atoms with van der Waals surface area (Å²) in [6.45, 7) is 0. The van der Waals surface area contributed by atoms with E-state index in [9.17, 15) is 9.90 Å². The van der Waals surface area contributed by atoms with E-state index in [1.807, 2.05) is 7.05 Å². The maximum atomic E-state index is 11.1. The maximum absolute atomic E-state index is 11.1. The van der Waals surface area contributed by atoms with Crippen molar-refractivity contribution in [3.63, 3.8) is 0 Å². The molecule has 0 aromatic heterocycles. The molecule has 3 nitrogen and oxygen atoms in total. The lowest BCUT2D eigenvalue weighted by Gasteiger charge is -2.30. The average Bonchev–Trinajstić information content (AvgIpc) is 2.17. The van der Waals surface area contributed by atoms with Gasteiger partial charge in [-0.3, -0.25) is 9.69 Å². The second kappa shape index (κ2) is 2.29. The van der Waals surface area contributed by atoms with Crippen molar-refractivity contribution in [2.45, 2.75) is 37.5 Å². The zero-order valence-electron chi connectivity index (χ0n) is 6.66. The molecule has 2 aliphatic heterocycles. The quantitative estimate of drug-likeness (QED) is 0.526. The summed E-state index contributed by atoms with van der Waals surface area (Å²) in [6, 6.07) is 0.428. The molecule has 0 aromatic rings. The van der Waals surface area contributed by atoms with E-state index in [0.717, 1.165) is 6.42 Å². The number of ketones is 1. The number of aliphatic hydroxyl groups is 1. The van der Waals surface area contributed by atoms with Crippen LogP contribution in [0.2, 0.25) is 0 Å². The Morgan fingerprint density at radius 2 is 2.27 bits per heavy atom. The summed E-state index contributed by atoms with van der Waals surface area (Å²) >= 11 is 0. The van der Waals surface area contributed by atoms with E-state index >= 15 is 0 Å². The van der Waals surface area contributed by atoms with Crippen molar-refractivity contribution in [2.24, 2.45) is 0 Å². The van der Waals surface area contributed by atoms with E-state index in [4.69, 9.17) is 0 Å². The first-order chi connectivity index (χ1) is 5.18. The number of piperidine rings is 1. The summed E-state index contributed by atoms with van der Waals surface area (Å²) in [5, 5.41) is 9.49. The number of Topliss-reactive ketones (excluding diaryl/α,β-unsaturated/α-hetero) is 1. The van der Waals surface area contributed by atoms with Crippen molar-refractivity contribution in [2.75, 3.05) is 7.05 Å². The van der Waals surface area contributed by atoms with Crippen LogP contribution in [-0.4, -0.2) is 41.0 Å². The molecule has 62 valence electrons. The van der Waals surface area contributed by atoms with E-state index in [0.29, 0.717) is 24.7 Å². The molecule has 0 aromatic carbocycles. The Balaban J connectivity index is 2.20. The van der Waals surface area contributed by atoms with Gasteiger partial charge in [0.1, 0.15) is 5.78 Å². The molecule has 2 heterocycles. The second-order valence-corrected chi connectivity index (χ2v) is 3.64. The van der Waals surface area contributed by atoms with E-state index < -0.39 is 0 Å². The molecule has 1 N–H and O–H groups in total. The number of hydrogen-bond donors (Lipinski definition) is 1. The van der Waals surface area contributed by atoms with Gasteiger partial charge in [-0.25, -0.2) is 0 Å². The minimum absolute atomic E-state index is 0.112. The molecular formula is C8H13NO2. The van der Waals surface area contributed by atoms with Crippen molar-refractivity contribution in [3.05, 3.63) is 0 Å². The fraction of sp³-hybridized carbons (Fsp3) is 0.875. The van der Waals surface area contributed by atoms with Gasteiger partial charge in [0.25, 0.3) is 0 Å². The fourth-order valence-corrected chi connectivity index (χ4v) is 2.23. The molecule has 2 unspecified atom stereocenters. The first-order valence-corrected chi connectivity index (χ1v) is 4.10. The fourth-order valence-electron chi connectivity index (χ4n) is 2.23. The van der Waals surface area contributed by atoms with Crippen molar-refractivity contribution in [3.8, 4) is 0 Å². The Hall–Kier alpha value is -0.410. The molecule has 0 amide bonds. The molecule has 3 heteroatoms. The zero-order chi connectivity index (χ0) is 8.01. The Morgan fingerprint density at radius 3 is 2.91 bits per heavy atom. The van der Waals surface area contributed by atoms with Crippen LogP contribution < -0.4 is 0 Å². The second-order valence-electron chi connectivity index (χ2n) is 3.64. The van der Waals surface area contributed by atoms with E-state index in [1.54, 1.807) is 0 Å². The number of aliphatic hydroxyl groups excluding tert-OH is 1. The molecule has 0 radical (unpaired) electrons. The number of carbonyl (C=O) groups is 1. The highest BCUT2D eigenvalue weighted by Gasteiger charge is 2.43. The Bertz CT molecular complexity index is 193. The highest BCUT2D eigenvalue weighted by Crippen LogP contribution is 2.32. The number of likely N-dealkylation sites (N-methyl/N-ethyl adjacent to an activating group) is 1. The van der Waals surface area contributed by atoms with Crippen molar-refractivity contribution < 1.29 is 9.90 Å². The number of carbonyl (C=O) groups excluding carboxylic acids is 1. The number of nitrogens with zero attached hydrogens (tertiary/aromatic N) is 1. The van der Waals surface area contributed by atoms with Gasteiger partial charge in [-0.2, -0.15) is 0 Å². The molecule has 2 fully saturated rings. The van der Waals surface area contributed by atoms with Crippen LogP contribution in [0.3, 0.4) is 0 Å². The minimum atomic E-state index is -0.267. The summed E-state index contributed by atoms with van der Waals surface area (Å²) < 4.78 is 0. The molecule has 11 heavy (non-hydrogen) atoms. The normalized spacial score (nSPS) is 44.9. The van der Waals surface area contributed by atoms with Crippen LogP contribution >= 0.6 is 0 Å². The van der Waals surface area contributed by atoms with E-state index in [-0.39, 0.29) is 12.1 Å². The lowest BCUT2D eigenvalue weighted by atomic mass is 10.0. The molecule has 0 aliphatic carbocycles. The van der Waals surface area contributed by atoms with Crippen LogP contribution in [0.25, 0.3) is 0 Å². The van der Waals surface area contributed by atoms with Crippen LogP contribution in [0.1, 0.15) is 19.3 Å². The van der Waals surface area contributed by atoms with Gasteiger partial charge in [-0.1, -0.05) is 0 Å². The van der Waals surface area contributed by atoms with Crippen molar-refractivity contribution >= 4 is 5.78 Å². The molecule has 2 saturated heterocycles. The predicted octanol–water partition coefficient (Wildman–Crippen LogP) is -0.217. The van der Waals surface area contributed by atoms with E-state index in [1.165, 1.54) is 0 Å². The molecule has 2 rings (SSSR count).